The lowest BCUT2D eigenvalue weighted by Gasteiger charge is -2.37. The molecule has 0 fully saturated rings. The Kier molecular flexibility index (Phi) is 15.3. The molecular formula is C82H73Br2N5. The molecule has 0 aliphatic heterocycles. The molecule has 0 bridgehead atoms. The van der Waals surface area contributed by atoms with Crippen LogP contribution in [0.1, 0.15) is 125 Å². The van der Waals surface area contributed by atoms with Crippen LogP contribution in [0.15, 0.2) is 234 Å². The summed E-state index contributed by atoms with van der Waals surface area (Å²) in [6.07, 6.45) is 16.8. The third-order valence-corrected chi connectivity index (χ3v) is 20.4. The van der Waals surface area contributed by atoms with Crippen molar-refractivity contribution in [3.05, 3.63) is 279 Å². The summed E-state index contributed by atoms with van der Waals surface area (Å²) in [6, 6.07) is 68.4. The fraction of sp³-hybridized carbons (Fsp3) is 0.207. The third kappa shape index (κ3) is 10.5. The van der Waals surface area contributed by atoms with Gasteiger partial charge in [-0.1, -0.05) is 184 Å². The Morgan fingerprint density at radius 1 is 0.382 bits per heavy atom. The molecule has 0 N–H and O–H groups in total. The van der Waals surface area contributed by atoms with Gasteiger partial charge in [-0.25, -0.2) is 0 Å². The van der Waals surface area contributed by atoms with Crippen LogP contribution in [0.4, 0.5) is 34.1 Å². The number of nitrogens with zero attached hydrogens (tertiary/aromatic N) is 5. The first kappa shape index (κ1) is 58.2. The number of para-hydroxylation sites is 2. The Hall–Kier alpha value is -8.49. The molecule has 5 nitrogen and oxygen atoms in total. The van der Waals surface area contributed by atoms with E-state index >= 15 is 0 Å². The molecule has 3 heterocycles. The number of aromatic nitrogens is 3. The van der Waals surface area contributed by atoms with Gasteiger partial charge in [0, 0.05) is 61.3 Å². The first-order valence-corrected chi connectivity index (χ1v) is 33.1. The van der Waals surface area contributed by atoms with Crippen LogP contribution < -0.4 is 9.80 Å². The van der Waals surface area contributed by atoms with Gasteiger partial charge < -0.3 is 9.80 Å². The number of aryl methyl sites for hydroxylation is 2. The maximum atomic E-state index is 4.59. The molecule has 440 valence electrons. The van der Waals surface area contributed by atoms with Gasteiger partial charge in [-0.05, 0) is 239 Å². The van der Waals surface area contributed by atoms with E-state index in [9.17, 15) is 0 Å². The molecule has 11 aromatic carbocycles. The van der Waals surface area contributed by atoms with E-state index in [0.29, 0.717) is 11.8 Å². The minimum Gasteiger partial charge on any atom is -0.308 e. The van der Waals surface area contributed by atoms with Gasteiger partial charge in [-0.2, -0.15) is 0 Å². The van der Waals surface area contributed by atoms with E-state index < -0.39 is 0 Å². The first-order chi connectivity index (χ1) is 43.1. The summed E-state index contributed by atoms with van der Waals surface area (Å²) in [7, 11) is 0. The highest BCUT2D eigenvalue weighted by molar-refractivity contribution is 9.11. The molecule has 16 rings (SSSR count). The maximum Gasteiger partial charge on any atom is 0.0645 e. The second kappa shape index (κ2) is 23.5. The second-order valence-electron chi connectivity index (χ2n) is 26.4. The molecular weight excluding hydrogens is 1210 g/mol. The van der Waals surface area contributed by atoms with Gasteiger partial charge >= 0.3 is 0 Å². The zero-order valence-electron chi connectivity index (χ0n) is 52.0. The van der Waals surface area contributed by atoms with E-state index in [1.54, 1.807) is 6.20 Å². The number of rotatable bonds is 10. The molecule has 0 atom stereocenters. The highest BCUT2D eigenvalue weighted by Gasteiger charge is 2.35. The van der Waals surface area contributed by atoms with Crippen molar-refractivity contribution in [2.24, 2.45) is 0 Å². The largest absolute Gasteiger partial charge is 0.308 e. The SMILES string of the molecule is CC(C)c1cc(Br)c2cc3c4c(cc(Br)c5ccc1c2c54)CCC3(C)C.CC(C)c1cc(N(c2ccccc2)c2cccnc2)c2cc3c4c(cc(N(c5ccccc5)c5cccnc5)c5ccc1c2c54)CCC3(C)C.c1ccc(Cc2cccnc2)cc1. The third-order valence-electron chi connectivity index (χ3n) is 19.1. The summed E-state index contributed by atoms with van der Waals surface area (Å²) in [5, 5.41) is 16.5. The Labute approximate surface area is 540 Å². The monoisotopic (exact) mass is 1290 g/mol. The van der Waals surface area contributed by atoms with E-state index in [1.165, 1.54) is 136 Å². The standard InChI is InChI=1S/C46H40N4.C24H22Br2.C12H11N/c1-30(2)38-27-42(50(33-15-9-6-10-16-33)35-18-12-24-48-29-35)39-26-40-43-31(21-22-46(40,3)4)25-41(37-20-19-36(38)44(39)45(37)43)49(32-13-7-5-8-14-32)34-17-11-23-47-28-34;1-12(2)16-11-20(26)17-10-18-21-13(7-8-24(18,3)4)9-19(25)15-6-5-14(16)22(17)23(15)21;1-2-5-11(6-3-1)9-12-7-4-8-13-10-12/h5-20,23-30H,21-22H2,1-4H3;5-6,9-12H,7-8H2,1-4H3;1-8,10H,9H2. The van der Waals surface area contributed by atoms with E-state index in [1.807, 2.05) is 55.2 Å². The zero-order valence-corrected chi connectivity index (χ0v) is 55.2. The van der Waals surface area contributed by atoms with Crippen molar-refractivity contribution in [1.29, 1.82) is 0 Å². The lowest BCUT2D eigenvalue weighted by Crippen LogP contribution is -2.24. The van der Waals surface area contributed by atoms with Gasteiger partial charge in [0.25, 0.3) is 0 Å². The fourth-order valence-corrected chi connectivity index (χ4v) is 15.7. The molecule has 14 aromatic rings. The summed E-state index contributed by atoms with van der Waals surface area (Å²) in [4.78, 5) is 18.0. The van der Waals surface area contributed by atoms with Crippen molar-refractivity contribution >= 4 is 131 Å². The van der Waals surface area contributed by atoms with Crippen LogP contribution in [0.3, 0.4) is 0 Å². The smallest absolute Gasteiger partial charge is 0.0645 e. The molecule has 7 heteroatoms. The normalized spacial score (nSPS) is 14.0. The van der Waals surface area contributed by atoms with Crippen molar-refractivity contribution < 1.29 is 0 Å². The van der Waals surface area contributed by atoms with Crippen molar-refractivity contribution in [3.63, 3.8) is 0 Å². The Balaban J connectivity index is 0.000000146. The van der Waals surface area contributed by atoms with Crippen LogP contribution in [-0.2, 0) is 30.1 Å². The van der Waals surface area contributed by atoms with Crippen LogP contribution in [0.5, 0.6) is 0 Å². The minimum absolute atomic E-state index is 0.0175. The van der Waals surface area contributed by atoms with Crippen molar-refractivity contribution in [2.75, 3.05) is 9.80 Å². The molecule has 0 spiro atoms. The topological polar surface area (TPSA) is 45.2 Å². The van der Waals surface area contributed by atoms with Crippen LogP contribution in [-0.4, -0.2) is 15.0 Å². The molecule has 0 saturated heterocycles. The molecule has 0 amide bonds. The van der Waals surface area contributed by atoms with Gasteiger partial charge in [0.2, 0.25) is 0 Å². The molecule has 3 aromatic heterocycles. The highest BCUT2D eigenvalue weighted by atomic mass is 79.9. The second-order valence-corrected chi connectivity index (χ2v) is 28.1. The Morgan fingerprint density at radius 2 is 0.809 bits per heavy atom. The van der Waals surface area contributed by atoms with Crippen molar-refractivity contribution in [2.45, 2.75) is 110 Å². The molecule has 0 radical (unpaired) electrons. The lowest BCUT2D eigenvalue weighted by atomic mass is 9.70. The minimum atomic E-state index is 0.0175. The molecule has 2 aliphatic rings. The zero-order chi connectivity index (χ0) is 61.3. The Morgan fingerprint density at radius 3 is 1.34 bits per heavy atom. The summed E-state index contributed by atoms with van der Waals surface area (Å²) < 4.78 is 2.45. The van der Waals surface area contributed by atoms with Crippen LogP contribution >= 0.6 is 31.9 Å². The van der Waals surface area contributed by atoms with E-state index in [0.717, 1.165) is 48.4 Å². The lowest BCUT2D eigenvalue weighted by molar-refractivity contribution is 0.475. The van der Waals surface area contributed by atoms with E-state index in [4.69, 9.17) is 0 Å². The molecule has 0 unspecified atom stereocenters. The van der Waals surface area contributed by atoms with Crippen molar-refractivity contribution in [3.8, 4) is 0 Å². The van der Waals surface area contributed by atoms with Gasteiger partial charge in [0.05, 0.1) is 35.1 Å². The van der Waals surface area contributed by atoms with Gasteiger partial charge in [-0.3, -0.25) is 15.0 Å². The van der Waals surface area contributed by atoms with Crippen molar-refractivity contribution in [1.82, 2.24) is 15.0 Å². The van der Waals surface area contributed by atoms with Crippen LogP contribution in [0, 0.1) is 0 Å². The average Bonchev–Trinajstić information content (AvgIpc) is 0.706. The van der Waals surface area contributed by atoms with Gasteiger partial charge in [0.1, 0.15) is 0 Å². The number of hydrogen-bond donors (Lipinski definition) is 0. The number of halogens is 2. The summed E-state index contributed by atoms with van der Waals surface area (Å²) >= 11 is 7.77. The predicted molar refractivity (Wildman–Crippen MR) is 385 cm³/mol. The highest BCUT2D eigenvalue weighted by Crippen LogP contribution is 2.55. The quantitative estimate of drug-likeness (QED) is 0.128. The average molecular weight is 1290 g/mol. The maximum absolute atomic E-state index is 4.59. The summed E-state index contributed by atoms with van der Waals surface area (Å²) in [5.41, 5.74) is 18.2. The fourth-order valence-electron chi connectivity index (χ4n) is 14.6. The van der Waals surface area contributed by atoms with Gasteiger partial charge in [-0.15, -0.1) is 0 Å². The first-order valence-electron chi connectivity index (χ1n) is 31.5. The van der Waals surface area contributed by atoms with E-state index in [-0.39, 0.29) is 10.8 Å². The van der Waals surface area contributed by atoms with Crippen LogP contribution in [0.25, 0.3) is 64.6 Å². The molecule has 89 heavy (non-hydrogen) atoms. The van der Waals surface area contributed by atoms with Gasteiger partial charge in [0.15, 0.2) is 0 Å². The predicted octanol–water partition coefficient (Wildman–Crippen LogP) is 23.8. The van der Waals surface area contributed by atoms with E-state index in [2.05, 4.69) is 276 Å². The summed E-state index contributed by atoms with van der Waals surface area (Å²) in [6.45, 7) is 18.9. The molecule has 2 aliphatic carbocycles. The molecule has 0 saturated carbocycles. The summed E-state index contributed by atoms with van der Waals surface area (Å²) in [5.74, 6) is 0.825. The Bertz CT molecular complexity index is 4760. The number of anilines is 6. The number of hydrogen-bond acceptors (Lipinski definition) is 5. The number of benzene rings is 11. The number of pyridine rings is 3. The van der Waals surface area contributed by atoms with Crippen LogP contribution in [0.2, 0.25) is 0 Å².